The minimum atomic E-state index is -1.02. The second kappa shape index (κ2) is 5.75. The third-order valence-electron chi connectivity index (χ3n) is 4.05. The summed E-state index contributed by atoms with van der Waals surface area (Å²) in [7, 11) is -1.02. The Kier molecular flexibility index (Phi) is 4.04. The minimum Gasteiger partial charge on any atom is -0.423 e. The van der Waals surface area contributed by atoms with E-state index in [9.17, 15) is 14.2 Å². The van der Waals surface area contributed by atoms with Crippen molar-refractivity contribution < 1.29 is 18.9 Å². The SMILES string of the molecule is CC1(C)OB(O)c2cc(CC(=O)c3cccc(Cl)c3F)ccc21. The molecule has 6 heteroatoms. The van der Waals surface area contributed by atoms with Gasteiger partial charge in [0.15, 0.2) is 11.6 Å². The minimum absolute atomic E-state index is 0.0255. The zero-order chi connectivity index (χ0) is 16.8. The van der Waals surface area contributed by atoms with E-state index in [-0.39, 0.29) is 22.8 Å². The normalized spacial score (nSPS) is 15.6. The van der Waals surface area contributed by atoms with Gasteiger partial charge >= 0.3 is 7.12 Å². The van der Waals surface area contributed by atoms with Crippen LogP contribution in [0.3, 0.4) is 0 Å². The smallest absolute Gasteiger partial charge is 0.423 e. The van der Waals surface area contributed by atoms with Crippen LogP contribution in [0, 0.1) is 5.82 Å². The zero-order valence-electron chi connectivity index (χ0n) is 12.8. The first-order valence-electron chi connectivity index (χ1n) is 7.26. The Morgan fingerprint density at radius 2 is 2.09 bits per heavy atom. The third-order valence-corrected chi connectivity index (χ3v) is 4.35. The van der Waals surface area contributed by atoms with Gasteiger partial charge in [0.25, 0.3) is 0 Å². The molecule has 0 fully saturated rings. The summed E-state index contributed by atoms with van der Waals surface area (Å²) in [5, 5.41) is 9.91. The molecular formula is C17H15BClFO3. The van der Waals surface area contributed by atoms with Gasteiger partial charge in [-0.2, -0.15) is 0 Å². The highest BCUT2D eigenvalue weighted by Gasteiger charge is 2.40. The number of hydrogen-bond donors (Lipinski definition) is 1. The molecule has 0 aromatic heterocycles. The van der Waals surface area contributed by atoms with E-state index in [2.05, 4.69) is 0 Å². The Bertz CT molecular complexity index is 791. The molecule has 3 rings (SSSR count). The molecule has 0 radical (unpaired) electrons. The van der Waals surface area contributed by atoms with E-state index in [0.29, 0.717) is 11.0 Å². The predicted octanol–water partition coefficient (Wildman–Crippen LogP) is 2.86. The predicted molar refractivity (Wildman–Crippen MR) is 87.6 cm³/mol. The highest BCUT2D eigenvalue weighted by Crippen LogP contribution is 2.30. The molecule has 1 aliphatic heterocycles. The van der Waals surface area contributed by atoms with Gasteiger partial charge in [0.2, 0.25) is 0 Å². The maximum atomic E-state index is 13.9. The topological polar surface area (TPSA) is 46.5 Å². The van der Waals surface area contributed by atoms with Crippen molar-refractivity contribution in [2.45, 2.75) is 25.9 Å². The maximum absolute atomic E-state index is 13.9. The quantitative estimate of drug-likeness (QED) is 0.694. The lowest BCUT2D eigenvalue weighted by molar-refractivity contribution is 0.0987. The molecule has 0 bridgehead atoms. The Morgan fingerprint density at radius 3 is 2.83 bits per heavy atom. The summed E-state index contributed by atoms with van der Waals surface area (Å²) < 4.78 is 19.4. The molecular weight excluding hydrogens is 317 g/mol. The maximum Gasteiger partial charge on any atom is 0.492 e. The highest BCUT2D eigenvalue weighted by atomic mass is 35.5. The summed E-state index contributed by atoms with van der Waals surface area (Å²) in [6.45, 7) is 3.74. The van der Waals surface area contributed by atoms with Gasteiger partial charge in [0.05, 0.1) is 16.2 Å². The van der Waals surface area contributed by atoms with Crippen molar-refractivity contribution in [1.29, 1.82) is 0 Å². The lowest BCUT2D eigenvalue weighted by Crippen LogP contribution is -2.29. The summed E-state index contributed by atoms with van der Waals surface area (Å²) in [6.07, 6.45) is 0.0255. The van der Waals surface area contributed by atoms with Crippen molar-refractivity contribution in [3.63, 3.8) is 0 Å². The molecule has 2 aromatic carbocycles. The van der Waals surface area contributed by atoms with E-state index in [0.717, 1.165) is 5.56 Å². The number of hydrogen-bond acceptors (Lipinski definition) is 3. The zero-order valence-corrected chi connectivity index (χ0v) is 13.5. The average Bonchev–Trinajstić information content (AvgIpc) is 2.71. The number of ketones is 1. The van der Waals surface area contributed by atoms with Crippen molar-refractivity contribution in [2.24, 2.45) is 0 Å². The van der Waals surface area contributed by atoms with Gasteiger partial charge < -0.3 is 9.68 Å². The fraction of sp³-hybridized carbons (Fsp3) is 0.235. The van der Waals surface area contributed by atoms with E-state index in [1.165, 1.54) is 12.1 Å². The fourth-order valence-corrected chi connectivity index (χ4v) is 3.06. The van der Waals surface area contributed by atoms with Crippen LogP contribution in [0.1, 0.15) is 35.3 Å². The molecule has 23 heavy (non-hydrogen) atoms. The number of rotatable bonds is 3. The van der Waals surface area contributed by atoms with Gasteiger partial charge in [-0.3, -0.25) is 4.79 Å². The first kappa shape index (κ1) is 16.2. The average molecular weight is 333 g/mol. The summed E-state index contributed by atoms with van der Waals surface area (Å²) in [4.78, 5) is 12.3. The van der Waals surface area contributed by atoms with Crippen LogP contribution in [-0.2, 0) is 16.7 Å². The Hall–Kier alpha value is -1.69. The number of halogens is 2. The van der Waals surface area contributed by atoms with Crippen LogP contribution in [-0.4, -0.2) is 17.9 Å². The largest absolute Gasteiger partial charge is 0.492 e. The molecule has 1 aliphatic rings. The van der Waals surface area contributed by atoms with Crippen molar-refractivity contribution >= 4 is 30.0 Å². The number of benzene rings is 2. The van der Waals surface area contributed by atoms with E-state index in [1.807, 2.05) is 19.9 Å². The summed E-state index contributed by atoms with van der Waals surface area (Å²) >= 11 is 5.71. The number of Topliss-reactive ketones (excluding diaryl/α,β-unsaturated/α-hetero) is 1. The molecule has 118 valence electrons. The molecule has 1 N–H and O–H groups in total. The Balaban J connectivity index is 1.89. The van der Waals surface area contributed by atoms with Crippen LogP contribution < -0.4 is 5.46 Å². The van der Waals surface area contributed by atoms with Crippen molar-refractivity contribution in [2.75, 3.05) is 0 Å². The second-order valence-electron chi connectivity index (χ2n) is 6.10. The number of fused-ring (bicyclic) bond motifs is 1. The monoisotopic (exact) mass is 332 g/mol. The molecule has 0 aliphatic carbocycles. The second-order valence-corrected chi connectivity index (χ2v) is 6.51. The van der Waals surface area contributed by atoms with Gasteiger partial charge in [-0.1, -0.05) is 35.9 Å². The molecule has 2 aromatic rings. The summed E-state index contributed by atoms with van der Waals surface area (Å²) in [5.41, 5.74) is 1.61. The van der Waals surface area contributed by atoms with Crippen LogP contribution in [0.4, 0.5) is 4.39 Å². The van der Waals surface area contributed by atoms with E-state index < -0.39 is 18.5 Å². The number of carbonyl (C=O) groups excluding carboxylic acids is 1. The van der Waals surface area contributed by atoms with Crippen LogP contribution in [0.15, 0.2) is 36.4 Å². The van der Waals surface area contributed by atoms with Crippen LogP contribution >= 0.6 is 11.6 Å². The van der Waals surface area contributed by atoms with Crippen LogP contribution in [0.25, 0.3) is 0 Å². The summed E-state index contributed by atoms with van der Waals surface area (Å²) in [6, 6.07) is 9.72. The molecule has 0 saturated heterocycles. The highest BCUT2D eigenvalue weighted by molar-refractivity contribution is 6.62. The van der Waals surface area contributed by atoms with Crippen LogP contribution in [0.2, 0.25) is 5.02 Å². The van der Waals surface area contributed by atoms with Gasteiger partial charge in [-0.05, 0) is 42.6 Å². The molecule has 0 atom stereocenters. The van der Waals surface area contributed by atoms with E-state index in [1.54, 1.807) is 18.2 Å². The summed E-state index contributed by atoms with van der Waals surface area (Å²) in [5.74, 6) is -1.07. The molecule has 0 spiro atoms. The third kappa shape index (κ3) is 2.92. The standard InChI is InChI=1S/C17H15BClFO3/c1-17(2)12-7-6-10(8-13(12)18(22)23-17)9-15(21)11-4-3-5-14(19)16(11)20/h3-8,22H,9H2,1-2H3. The molecule has 3 nitrogen and oxygen atoms in total. The van der Waals surface area contributed by atoms with Crippen LogP contribution in [0.5, 0.6) is 0 Å². The lowest BCUT2D eigenvalue weighted by atomic mass is 9.77. The van der Waals surface area contributed by atoms with E-state index >= 15 is 0 Å². The van der Waals surface area contributed by atoms with Gasteiger partial charge in [-0.15, -0.1) is 0 Å². The fourth-order valence-electron chi connectivity index (χ4n) is 2.88. The molecule has 0 unspecified atom stereocenters. The lowest BCUT2D eigenvalue weighted by Gasteiger charge is -2.19. The van der Waals surface area contributed by atoms with Gasteiger partial charge in [0, 0.05) is 6.42 Å². The van der Waals surface area contributed by atoms with Crippen molar-refractivity contribution in [3.05, 3.63) is 63.9 Å². The van der Waals surface area contributed by atoms with Gasteiger partial charge in [-0.25, -0.2) is 4.39 Å². The van der Waals surface area contributed by atoms with Crippen molar-refractivity contribution in [3.8, 4) is 0 Å². The van der Waals surface area contributed by atoms with Gasteiger partial charge in [0.1, 0.15) is 0 Å². The molecule has 1 heterocycles. The Morgan fingerprint density at radius 1 is 1.35 bits per heavy atom. The first-order valence-corrected chi connectivity index (χ1v) is 7.64. The van der Waals surface area contributed by atoms with Crippen molar-refractivity contribution in [1.82, 2.24) is 0 Å². The van der Waals surface area contributed by atoms with E-state index in [4.69, 9.17) is 16.3 Å². The number of carbonyl (C=O) groups is 1. The molecule has 0 amide bonds. The first-order chi connectivity index (χ1) is 10.8. The molecule has 0 saturated carbocycles. The Labute approximate surface area is 139 Å².